The van der Waals surface area contributed by atoms with E-state index in [-0.39, 0.29) is 5.91 Å². The molecule has 0 aliphatic rings. The Labute approximate surface area is 156 Å². The van der Waals surface area contributed by atoms with Crippen molar-refractivity contribution in [3.63, 3.8) is 0 Å². The third-order valence-corrected chi connectivity index (χ3v) is 4.31. The maximum atomic E-state index is 12.4. The summed E-state index contributed by atoms with van der Waals surface area (Å²) in [7, 11) is 0. The number of amides is 1. The van der Waals surface area contributed by atoms with Gasteiger partial charge in [-0.05, 0) is 62.6 Å². The van der Waals surface area contributed by atoms with Crippen LogP contribution in [0.25, 0.3) is 0 Å². The molecule has 1 aromatic heterocycles. The van der Waals surface area contributed by atoms with Crippen molar-refractivity contribution in [3.8, 4) is 0 Å². The molecule has 5 nitrogen and oxygen atoms in total. The molecule has 0 fully saturated rings. The molecular weight excluding hydrogens is 324 g/mol. The molecule has 0 spiro atoms. The number of benzene rings is 1. The van der Waals surface area contributed by atoms with Crippen molar-refractivity contribution >= 4 is 23.1 Å². The molecule has 0 aliphatic carbocycles. The maximum Gasteiger partial charge on any atom is 0.257 e. The Morgan fingerprint density at radius 2 is 1.77 bits per heavy atom. The second-order valence-corrected chi connectivity index (χ2v) is 6.71. The van der Waals surface area contributed by atoms with E-state index < -0.39 is 0 Å². The van der Waals surface area contributed by atoms with Gasteiger partial charge in [0.15, 0.2) is 0 Å². The van der Waals surface area contributed by atoms with Crippen LogP contribution in [-0.4, -0.2) is 30.5 Å². The van der Waals surface area contributed by atoms with Gasteiger partial charge in [0.1, 0.15) is 5.82 Å². The lowest BCUT2D eigenvalue weighted by Gasteiger charge is -2.21. The van der Waals surface area contributed by atoms with Gasteiger partial charge in [0.05, 0.1) is 5.56 Å². The van der Waals surface area contributed by atoms with E-state index in [9.17, 15) is 4.79 Å². The smallest absolute Gasteiger partial charge is 0.257 e. The van der Waals surface area contributed by atoms with Crippen LogP contribution >= 0.6 is 0 Å². The predicted molar refractivity (Wildman–Crippen MR) is 110 cm³/mol. The standard InChI is InChI=1S/C21H30N4O/c1-5-25(6-2)19-10-8-18(9-11-19)24-21(26)17-7-12-20(23-15-17)22-14-13-16(3)4/h7-12,15-16H,5-6,13-14H2,1-4H3,(H,22,23)(H,24,26). The maximum absolute atomic E-state index is 12.4. The van der Waals surface area contributed by atoms with Crippen LogP contribution in [0.1, 0.15) is 44.5 Å². The minimum absolute atomic E-state index is 0.151. The van der Waals surface area contributed by atoms with Crippen LogP contribution in [0.15, 0.2) is 42.6 Å². The zero-order chi connectivity index (χ0) is 18.9. The van der Waals surface area contributed by atoms with Crippen molar-refractivity contribution in [3.05, 3.63) is 48.2 Å². The van der Waals surface area contributed by atoms with Crippen molar-refractivity contribution in [2.75, 3.05) is 35.2 Å². The summed E-state index contributed by atoms with van der Waals surface area (Å²) in [6.07, 6.45) is 2.70. The van der Waals surface area contributed by atoms with Crippen LogP contribution in [0, 0.1) is 5.92 Å². The molecule has 0 unspecified atom stereocenters. The lowest BCUT2D eigenvalue weighted by atomic mass is 10.1. The molecule has 26 heavy (non-hydrogen) atoms. The molecule has 0 saturated heterocycles. The van der Waals surface area contributed by atoms with E-state index in [0.29, 0.717) is 11.5 Å². The van der Waals surface area contributed by atoms with Gasteiger partial charge in [0.2, 0.25) is 0 Å². The van der Waals surface area contributed by atoms with Gasteiger partial charge in [0.25, 0.3) is 5.91 Å². The first-order chi connectivity index (χ1) is 12.5. The van der Waals surface area contributed by atoms with E-state index in [1.54, 1.807) is 12.3 Å². The van der Waals surface area contributed by atoms with Gasteiger partial charge in [-0.15, -0.1) is 0 Å². The third kappa shape index (κ3) is 5.76. The molecule has 2 N–H and O–H groups in total. The van der Waals surface area contributed by atoms with Crippen LogP contribution in [0.4, 0.5) is 17.2 Å². The second-order valence-electron chi connectivity index (χ2n) is 6.71. The van der Waals surface area contributed by atoms with Crippen molar-refractivity contribution in [1.29, 1.82) is 0 Å². The number of aromatic nitrogens is 1. The van der Waals surface area contributed by atoms with Crippen LogP contribution < -0.4 is 15.5 Å². The largest absolute Gasteiger partial charge is 0.372 e. The Balaban J connectivity index is 1.92. The zero-order valence-electron chi connectivity index (χ0n) is 16.2. The van der Waals surface area contributed by atoms with Crippen LogP contribution in [0.3, 0.4) is 0 Å². The first kappa shape index (κ1) is 19.8. The quantitative estimate of drug-likeness (QED) is 0.689. The fourth-order valence-corrected chi connectivity index (χ4v) is 2.67. The van der Waals surface area contributed by atoms with Crippen LogP contribution in [0.5, 0.6) is 0 Å². The highest BCUT2D eigenvalue weighted by atomic mass is 16.1. The van der Waals surface area contributed by atoms with Gasteiger partial charge in [0, 0.05) is 37.2 Å². The Kier molecular flexibility index (Phi) is 7.45. The number of carbonyl (C=O) groups excluding carboxylic acids is 1. The minimum Gasteiger partial charge on any atom is -0.372 e. The average molecular weight is 354 g/mol. The summed E-state index contributed by atoms with van der Waals surface area (Å²) in [5, 5.41) is 6.19. The molecular formula is C21H30N4O. The van der Waals surface area contributed by atoms with E-state index in [0.717, 1.165) is 43.2 Å². The first-order valence-corrected chi connectivity index (χ1v) is 9.39. The van der Waals surface area contributed by atoms with E-state index in [1.165, 1.54) is 0 Å². The fourth-order valence-electron chi connectivity index (χ4n) is 2.67. The number of nitrogens with zero attached hydrogens (tertiary/aromatic N) is 2. The van der Waals surface area contributed by atoms with E-state index >= 15 is 0 Å². The number of nitrogens with one attached hydrogen (secondary N) is 2. The number of anilines is 3. The Morgan fingerprint density at radius 3 is 2.31 bits per heavy atom. The Morgan fingerprint density at radius 1 is 1.08 bits per heavy atom. The van der Waals surface area contributed by atoms with Crippen molar-refractivity contribution < 1.29 is 4.79 Å². The number of hydrogen-bond donors (Lipinski definition) is 2. The third-order valence-electron chi connectivity index (χ3n) is 4.31. The molecule has 140 valence electrons. The molecule has 0 atom stereocenters. The molecule has 0 saturated carbocycles. The molecule has 1 amide bonds. The Hall–Kier alpha value is -2.56. The molecule has 5 heteroatoms. The number of hydrogen-bond acceptors (Lipinski definition) is 4. The predicted octanol–water partition coefficient (Wildman–Crippen LogP) is 4.64. The lowest BCUT2D eigenvalue weighted by Crippen LogP contribution is -2.21. The monoisotopic (exact) mass is 354 g/mol. The summed E-state index contributed by atoms with van der Waals surface area (Å²) < 4.78 is 0. The average Bonchev–Trinajstić information content (AvgIpc) is 2.64. The summed E-state index contributed by atoms with van der Waals surface area (Å²) in [6, 6.07) is 11.6. The fraction of sp³-hybridized carbons (Fsp3) is 0.429. The topological polar surface area (TPSA) is 57.3 Å². The van der Waals surface area contributed by atoms with Gasteiger partial charge in [-0.25, -0.2) is 4.98 Å². The molecule has 0 aliphatic heterocycles. The van der Waals surface area contributed by atoms with Gasteiger partial charge in [-0.2, -0.15) is 0 Å². The van der Waals surface area contributed by atoms with E-state index in [1.807, 2.05) is 30.3 Å². The summed E-state index contributed by atoms with van der Waals surface area (Å²) in [5.41, 5.74) is 2.49. The van der Waals surface area contributed by atoms with Crippen molar-refractivity contribution in [2.24, 2.45) is 5.92 Å². The van der Waals surface area contributed by atoms with Gasteiger partial charge >= 0.3 is 0 Å². The molecule has 2 aromatic rings. The highest BCUT2D eigenvalue weighted by Crippen LogP contribution is 2.18. The molecule has 0 radical (unpaired) electrons. The molecule has 1 heterocycles. The Bertz CT molecular complexity index is 676. The summed E-state index contributed by atoms with van der Waals surface area (Å²) in [5.74, 6) is 1.30. The van der Waals surface area contributed by atoms with Crippen molar-refractivity contribution in [1.82, 2.24) is 4.98 Å². The molecule has 1 aromatic carbocycles. The highest BCUT2D eigenvalue weighted by Gasteiger charge is 2.08. The second kappa shape index (κ2) is 9.80. The zero-order valence-corrected chi connectivity index (χ0v) is 16.2. The summed E-state index contributed by atoms with van der Waals surface area (Å²) in [4.78, 5) is 19.0. The normalized spacial score (nSPS) is 10.7. The number of carbonyl (C=O) groups is 1. The molecule has 0 bridgehead atoms. The lowest BCUT2D eigenvalue weighted by molar-refractivity contribution is 0.102. The van der Waals surface area contributed by atoms with E-state index in [4.69, 9.17) is 0 Å². The van der Waals surface area contributed by atoms with Crippen molar-refractivity contribution in [2.45, 2.75) is 34.1 Å². The molecule has 2 rings (SSSR count). The summed E-state index contributed by atoms with van der Waals surface area (Å²) in [6.45, 7) is 11.5. The van der Waals surface area contributed by atoms with Gasteiger partial charge in [-0.1, -0.05) is 13.8 Å². The van der Waals surface area contributed by atoms with Crippen LogP contribution in [-0.2, 0) is 0 Å². The minimum atomic E-state index is -0.151. The number of rotatable bonds is 9. The first-order valence-electron chi connectivity index (χ1n) is 9.39. The van der Waals surface area contributed by atoms with Crippen LogP contribution in [0.2, 0.25) is 0 Å². The van der Waals surface area contributed by atoms with E-state index in [2.05, 4.69) is 48.2 Å². The highest BCUT2D eigenvalue weighted by molar-refractivity contribution is 6.04. The van der Waals surface area contributed by atoms with Gasteiger partial charge < -0.3 is 15.5 Å². The number of pyridine rings is 1. The SMILES string of the molecule is CCN(CC)c1ccc(NC(=O)c2ccc(NCCC(C)C)nc2)cc1. The van der Waals surface area contributed by atoms with Gasteiger partial charge in [-0.3, -0.25) is 4.79 Å². The summed E-state index contributed by atoms with van der Waals surface area (Å²) >= 11 is 0.